The predicted molar refractivity (Wildman–Crippen MR) is 61.8 cm³/mol. The Morgan fingerprint density at radius 3 is 2.05 bits per heavy atom. The van der Waals surface area contributed by atoms with E-state index in [1.165, 1.54) is 18.2 Å². The zero-order chi connectivity index (χ0) is 14.9. The van der Waals surface area contributed by atoms with Crippen molar-refractivity contribution in [3.63, 3.8) is 0 Å². The highest BCUT2D eigenvalue weighted by atomic mass is 19.4. The first kappa shape index (κ1) is 14.4. The van der Waals surface area contributed by atoms with Crippen LogP contribution < -0.4 is 0 Å². The first-order valence-corrected chi connectivity index (χ1v) is 5.54. The van der Waals surface area contributed by atoms with E-state index in [2.05, 4.69) is 0 Å². The third kappa shape index (κ3) is 2.95. The molecule has 106 valence electrons. The van der Waals surface area contributed by atoms with Crippen molar-refractivity contribution in [3.8, 4) is 11.1 Å². The van der Waals surface area contributed by atoms with Crippen LogP contribution in [0.3, 0.4) is 0 Å². The molecule has 0 spiro atoms. The van der Waals surface area contributed by atoms with Gasteiger partial charge < -0.3 is 0 Å². The van der Waals surface area contributed by atoms with Gasteiger partial charge in [-0.3, -0.25) is 0 Å². The molecule has 0 atom stereocenters. The summed E-state index contributed by atoms with van der Waals surface area (Å²) >= 11 is 0. The van der Waals surface area contributed by atoms with E-state index in [0.29, 0.717) is 0 Å². The van der Waals surface area contributed by atoms with Crippen LogP contribution in [0.25, 0.3) is 11.1 Å². The topological polar surface area (TPSA) is 0 Å². The van der Waals surface area contributed by atoms with E-state index in [1.54, 1.807) is 0 Å². The van der Waals surface area contributed by atoms with E-state index in [9.17, 15) is 26.3 Å². The fraction of sp³-hybridized carbons (Fsp3) is 0.143. The number of hydrogen-bond donors (Lipinski definition) is 0. The van der Waals surface area contributed by atoms with E-state index >= 15 is 0 Å². The van der Waals surface area contributed by atoms with Gasteiger partial charge in [0.1, 0.15) is 5.82 Å². The molecule has 2 aromatic rings. The summed E-state index contributed by atoms with van der Waals surface area (Å²) in [6, 6.07) is 7.10. The molecule has 0 saturated heterocycles. The largest absolute Gasteiger partial charge is 0.416 e. The Balaban J connectivity index is 2.45. The van der Waals surface area contributed by atoms with Gasteiger partial charge in [0.25, 0.3) is 6.43 Å². The van der Waals surface area contributed by atoms with Crippen molar-refractivity contribution >= 4 is 0 Å². The van der Waals surface area contributed by atoms with Crippen molar-refractivity contribution in [1.82, 2.24) is 0 Å². The zero-order valence-electron chi connectivity index (χ0n) is 9.89. The summed E-state index contributed by atoms with van der Waals surface area (Å²) in [6.45, 7) is 0. The van der Waals surface area contributed by atoms with E-state index in [0.717, 1.165) is 24.3 Å². The van der Waals surface area contributed by atoms with Crippen LogP contribution in [0.1, 0.15) is 17.6 Å². The molecule has 0 aliphatic carbocycles. The van der Waals surface area contributed by atoms with Crippen LogP contribution in [0, 0.1) is 5.82 Å². The summed E-state index contributed by atoms with van der Waals surface area (Å²) in [5.74, 6) is -1.14. The molecule has 0 fully saturated rings. The van der Waals surface area contributed by atoms with Crippen molar-refractivity contribution in [2.75, 3.05) is 0 Å². The average molecular weight is 290 g/mol. The van der Waals surface area contributed by atoms with Crippen LogP contribution >= 0.6 is 0 Å². The van der Waals surface area contributed by atoms with Gasteiger partial charge in [-0.15, -0.1) is 0 Å². The van der Waals surface area contributed by atoms with E-state index < -0.39 is 29.5 Å². The van der Waals surface area contributed by atoms with E-state index in [1.807, 2.05) is 0 Å². The predicted octanol–water partition coefficient (Wildman–Crippen LogP) is 5.45. The summed E-state index contributed by atoms with van der Waals surface area (Å²) in [4.78, 5) is 0. The molecule has 0 heterocycles. The molecule has 0 unspecified atom stereocenters. The van der Waals surface area contributed by atoms with Crippen molar-refractivity contribution in [3.05, 3.63) is 59.4 Å². The molecule has 0 radical (unpaired) electrons. The lowest BCUT2D eigenvalue weighted by Crippen LogP contribution is -2.04. The molecule has 0 aliphatic rings. The van der Waals surface area contributed by atoms with Crippen LogP contribution in [0.15, 0.2) is 42.5 Å². The van der Waals surface area contributed by atoms with Crippen molar-refractivity contribution < 1.29 is 26.3 Å². The molecule has 0 bridgehead atoms. The van der Waals surface area contributed by atoms with Gasteiger partial charge in [-0.05, 0) is 35.4 Å². The average Bonchev–Trinajstić information content (AvgIpc) is 2.37. The Bertz CT molecular complexity index is 615. The van der Waals surface area contributed by atoms with Crippen LogP contribution in [-0.4, -0.2) is 0 Å². The maximum absolute atomic E-state index is 13.4. The van der Waals surface area contributed by atoms with Gasteiger partial charge >= 0.3 is 6.18 Å². The second kappa shape index (κ2) is 5.19. The van der Waals surface area contributed by atoms with Crippen LogP contribution in [0.2, 0.25) is 0 Å². The Labute approximate surface area is 110 Å². The molecular formula is C14H8F6. The molecule has 0 aromatic heterocycles. The van der Waals surface area contributed by atoms with Crippen molar-refractivity contribution in [2.24, 2.45) is 0 Å². The maximum Gasteiger partial charge on any atom is 0.416 e. The molecule has 6 heteroatoms. The van der Waals surface area contributed by atoms with E-state index in [-0.39, 0.29) is 11.1 Å². The molecule has 0 aliphatic heterocycles. The first-order valence-electron chi connectivity index (χ1n) is 5.54. The minimum absolute atomic E-state index is 0.109. The van der Waals surface area contributed by atoms with Gasteiger partial charge in [-0.25, -0.2) is 13.2 Å². The molecular weight excluding hydrogens is 282 g/mol. The Morgan fingerprint density at radius 2 is 1.50 bits per heavy atom. The van der Waals surface area contributed by atoms with Gasteiger partial charge in [-0.2, -0.15) is 13.2 Å². The summed E-state index contributed by atoms with van der Waals surface area (Å²) in [6.07, 6.45) is -7.48. The fourth-order valence-electron chi connectivity index (χ4n) is 1.76. The fourth-order valence-corrected chi connectivity index (χ4v) is 1.76. The molecule has 2 aromatic carbocycles. The lowest BCUT2D eigenvalue weighted by molar-refractivity contribution is -0.137. The first-order chi connectivity index (χ1) is 9.29. The number of halogens is 6. The Morgan fingerprint density at radius 1 is 0.850 bits per heavy atom. The standard InChI is InChI=1S/C14H8F6/c15-12-7-9(4-5-11(12)13(16)17)8-2-1-3-10(6-8)14(18,19)20/h1-7,13H. The molecule has 0 saturated carbocycles. The number of alkyl halides is 5. The minimum atomic E-state index is -4.52. The van der Waals surface area contributed by atoms with Crippen LogP contribution in [0.5, 0.6) is 0 Å². The molecule has 0 nitrogen and oxygen atoms in total. The smallest absolute Gasteiger partial charge is 0.206 e. The van der Waals surface area contributed by atoms with Gasteiger partial charge in [0, 0.05) is 0 Å². The van der Waals surface area contributed by atoms with Crippen LogP contribution in [0.4, 0.5) is 26.3 Å². The highest BCUT2D eigenvalue weighted by Gasteiger charge is 2.30. The quantitative estimate of drug-likeness (QED) is 0.645. The Hall–Kier alpha value is -1.98. The SMILES string of the molecule is Fc1cc(-c2cccc(C(F)(F)F)c2)ccc1C(F)F. The highest BCUT2D eigenvalue weighted by molar-refractivity contribution is 5.65. The number of rotatable bonds is 2. The molecule has 20 heavy (non-hydrogen) atoms. The highest BCUT2D eigenvalue weighted by Crippen LogP contribution is 2.33. The third-order valence-electron chi connectivity index (χ3n) is 2.76. The number of benzene rings is 2. The summed E-state index contributed by atoms with van der Waals surface area (Å²) < 4.78 is 75.9. The third-order valence-corrected chi connectivity index (χ3v) is 2.76. The van der Waals surface area contributed by atoms with Crippen LogP contribution in [-0.2, 0) is 6.18 Å². The second-order valence-electron chi connectivity index (χ2n) is 4.12. The second-order valence-corrected chi connectivity index (χ2v) is 4.12. The number of hydrogen-bond acceptors (Lipinski definition) is 0. The summed E-state index contributed by atoms with van der Waals surface area (Å²) in [5.41, 5.74) is -1.44. The van der Waals surface area contributed by atoms with Gasteiger partial charge in [0.05, 0.1) is 11.1 Å². The monoisotopic (exact) mass is 290 g/mol. The minimum Gasteiger partial charge on any atom is -0.206 e. The van der Waals surface area contributed by atoms with Gasteiger partial charge in [-0.1, -0.05) is 18.2 Å². The Kier molecular flexibility index (Phi) is 3.74. The summed E-state index contributed by atoms with van der Waals surface area (Å²) in [5, 5.41) is 0. The van der Waals surface area contributed by atoms with Gasteiger partial charge in [0.15, 0.2) is 0 Å². The molecule has 2 rings (SSSR count). The lowest BCUT2D eigenvalue weighted by Gasteiger charge is -2.10. The molecule has 0 N–H and O–H groups in total. The van der Waals surface area contributed by atoms with E-state index in [4.69, 9.17) is 0 Å². The lowest BCUT2D eigenvalue weighted by atomic mass is 10.0. The summed E-state index contributed by atoms with van der Waals surface area (Å²) in [7, 11) is 0. The maximum atomic E-state index is 13.4. The van der Waals surface area contributed by atoms with Gasteiger partial charge in [0.2, 0.25) is 0 Å². The van der Waals surface area contributed by atoms with Crippen molar-refractivity contribution in [1.29, 1.82) is 0 Å². The zero-order valence-corrected chi connectivity index (χ0v) is 9.89. The normalized spacial score (nSPS) is 11.9. The molecule has 0 amide bonds. The van der Waals surface area contributed by atoms with Crippen molar-refractivity contribution in [2.45, 2.75) is 12.6 Å².